The van der Waals surface area contributed by atoms with Gasteiger partial charge in [-0.1, -0.05) is 0 Å². The van der Waals surface area contributed by atoms with Crippen LogP contribution in [0.25, 0.3) is 0 Å². The highest BCUT2D eigenvalue weighted by Gasteiger charge is 2.11. The van der Waals surface area contributed by atoms with E-state index in [1.165, 1.54) is 29.2 Å². The van der Waals surface area contributed by atoms with Crippen LogP contribution < -0.4 is 10.2 Å². The Morgan fingerprint density at radius 3 is 2.28 bits per heavy atom. The van der Waals surface area contributed by atoms with Gasteiger partial charge in [0.1, 0.15) is 0 Å². The Morgan fingerprint density at radius 1 is 1.28 bits per heavy atom. The van der Waals surface area contributed by atoms with Crippen LogP contribution in [0.5, 0.6) is 0 Å². The lowest BCUT2D eigenvalue weighted by Crippen LogP contribution is -3.12. The first kappa shape index (κ1) is 14.1. The van der Waals surface area contributed by atoms with Crippen LogP contribution in [-0.4, -0.2) is 30.5 Å². The van der Waals surface area contributed by atoms with Crippen molar-refractivity contribution in [1.82, 2.24) is 0 Å². The summed E-state index contributed by atoms with van der Waals surface area (Å²) < 4.78 is 0. The van der Waals surface area contributed by atoms with Gasteiger partial charge in [0, 0.05) is 17.8 Å². The van der Waals surface area contributed by atoms with Gasteiger partial charge >= 0.3 is 0 Å². The van der Waals surface area contributed by atoms with Gasteiger partial charge in [-0.15, -0.1) is 0 Å². The molecule has 0 aromatic heterocycles. The van der Waals surface area contributed by atoms with Crippen LogP contribution in [0.3, 0.4) is 0 Å². The summed E-state index contributed by atoms with van der Waals surface area (Å²) in [6.07, 6.45) is 0. The smallest absolute Gasteiger partial charge is 0.279 e. The summed E-state index contributed by atoms with van der Waals surface area (Å²) in [6.45, 7) is 6.24. The number of hydrogen-bond donors (Lipinski definition) is 2. The fraction of sp³-hybridized carbons (Fsp3) is 0.417. The van der Waals surface area contributed by atoms with Gasteiger partial charge in [-0.3, -0.25) is 14.9 Å². The Morgan fingerprint density at radius 2 is 1.83 bits per heavy atom. The van der Waals surface area contributed by atoms with Gasteiger partial charge in [0.2, 0.25) is 0 Å². The Kier molecular flexibility index (Phi) is 5.26. The standard InChI is InChI=1S/C12H17N3O3/c1-3-14(4-2)9-12(16)13-10-5-7-11(8-6-10)15(17)18/h5-8H,3-4,9H2,1-2H3,(H,13,16)/p+1. The van der Waals surface area contributed by atoms with Crippen molar-refractivity contribution in [2.24, 2.45) is 0 Å². The quantitative estimate of drug-likeness (QED) is 0.570. The van der Waals surface area contributed by atoms with Crippen molar-refractivity contribution in [2.45, 2.75) is 13.8 Å². The van der Waals surface area contributed by atoms with Crippen LogP contribution in [0.2, 0.25) is 0 Å². The van der Waals surface area contributed by atoms with Gasteiger partial charge in [-0.25, -0.2) is 0 Å². The number of hydrogen-bond acceptors (Lipinski definition) is 3. The Bertz CT molecular complexity index is 413. The van der Waals surface area contributed by atoms with E-state index >= 15 is 0 Å². The normalized spacial score (nSPS) is 10.4. The van der Waals surface area contributed by atoms with Crippen molar-refractivity contribution < 1.29 is 14.6 Å². The highest BCUT2D eigenvalue weighted by atomic mass is 16.6. The van der Waals surface area contributed by atoms with Gasteiger partial charge in [0.15, 0.2) is 6.54 Å². The third-order valence-electron chi connectivity index (χ3n) is 2.77. The number of amides is 1. The average Bonchev–Trinajstić information content (AvgIpc) is 2.36. The van der Waals surface area contributed by atoms with E-state index in [2.05, 4.69) is 5.32 Å². The zero-order valence-electron chi connectivity index (χ0n) is 10.6. The minimum absolute atomic E-state index is 0.0161. The van der Waals surface area contributed by atoms with Gasteiger partial charge in [0.05, 0.1) is 18.0 Å². The number of carbonyl (C=O) groups excluding carboxylic acids is 1. The van der Waals surface area contributed by atoms with E-state index < -0.39 is 4.92 Å². The first-order valence-corrected chi connectivity index (χ1v) is 5.94. The number of anilines is 1. The number of rotatable bonds is 6. The largest absolute Gasteiger partial charge is 0.328 e. The van der Waals surface area contributed by atoms with Gasteiger partial charge < -0.3 is 10.2 Å². The molecule has 0 aliphatic carbocycles. The number of benzene rings is 1. The molecule has 0 aliphatic rings. The van der Waals surface area contributed by atoms with Gasteiger partial charge in [-0.2, -0.15) is 0 Å². The van der Waals surface area contributed by atoms with Crippen molar-refractivity contribution in [3.8, 4) is 0 Å². The second kappa shape index (κ2) is 6.70. The lowest BCUT2D eigenvalue weighted by atomic mass is 10.3. The summed E-state index contributed by atoms with van der Waals surface area (Å²) >= 11 is 0. The number of quaternary nitrogens is 1. The number of nitro groups is 1. The van der Waals surface area contributed by atoms with Crippen molar-refractivity contribution in [2.75, 3.05) is 25.0 Å². The minimum atomic E-state index is -0.467. The molecule has 0 bridgehead atoms. The van der Waals surface area contributed by atoms with Crippen LogP contribution in [0.4, 0.5) is 11.4 Å². The lowest BCUT2D eigenvalue weighted by molar-refractivity contribution is -0.888. The van der Waals surface area contributed by atoms with E-state index in [0.29, 0.717) is 12.2 Å². The molecular formula is C12H18N3O3+. The van der Waals surface area contributed by atoms with E-state index in [9.17, 15) is 14.9 Å². The SMILES string of the molecule is CC[NH+](CC)CC(=O)Nc1ccc([N+](=O)[O-])cc1. The molecule has 6 heteroatoms. The maximum Gasteiger partial charge on any atom is 0.279 e. The Balaban J connectivity index is 2.56. The third kappa shape index (κ3) is 4.14. The van der Waals surface area contributed by atoms with Crippen molar-refractivity contribution in [1.29, 1.82) is 0 Å². The molecule has 0 heterocycles. The summed E-state index contributed by atoms with van der Waals surface area (Å²) in [5.41, 5.74) is 0.597. The number of likely N-dealkylation sites (N-methyl/N-ethyl adjacent to an activating group) is 1. The number of carbonyl (C=O) groups is 1. The number of nitro benzene ring substituents is 1. The third-order valence-corrected chi connectivity index (χ3v) is 2.77. The minimum Gasteiger partial charge on any atom is -0.328 e. The molecule has 1 aromatic carbocycles. The molecular weight excluding hydrogens is 234 g/mol. The Labute approximate surface area is 106 Å². The van der Waals surface area contributed by atoms with Crippen molar-refractivity contribution >= 4 is 17.3 Å². The average molecular weight is 252 g/mol. The number of non-ortho nitro benzene ring substituents is 1. The van der Waals surface area contributed by atoms with Crippen LogP contribution in [-0.2, 0) is 4.79 Å². The maximum atomic E-state index is 11.7. The molecule has 0 aliphatic heterocycles. The van der Waals surface area contributed by atoms with E-state index in [1.54, 1.807) is 0 Å². The first-order valence-electron chi connectivity index (χ1n) is 5.94. The topological polar surface area (TPSA) is 76.7 Å². The highest BCUT2D eigenvalue weighted by molar-refractivity contribution is 5.91. The predicted octanol–water partition coefficient (Wildman–Crippen LogP) is 0.458. The molecule has 0 saturated carbocycles. The molecule has 98 valence electrons. The van der Waals surface area contributed by atoms with Crippen LogP contribution in [0.1, 0.15) is 13.8 Å². The molecule has 0 saturated heterocycles. The van der Waals surface area contributed by atoms with Crippen molar-refractivity contribution in [3.05, 3.63) is 34.4 Å². The number of nitrogens with zero attached hydrogens (tertiary/aromatic N) is 1. The molecule has 0 spiro atoms. The molecule has 0 unspecified atom stereocenters. The van der Waals surface area contributed by atoms with Crippen LogP contribution in [0, 0.1) is 10.1 Å². The van der Waals surface area contributed by atoms with Gasteiger partial charge in [0.25, 0.3) is 11.6 Å². The predicted molar refractivity (Wildman–Crippen MR) is 68.6 cm³/mol. The van der Waals surface area contributed by atoms with Crippen LogP contribution >= 0.6 is 0 Å². The monoisotopic (exact) mass is 252 g/mol. The molecule has 6 nitrogen and oxygen atoms in total. The van der Waals surface area contributed by atoms with Gasteiger partial charge in [-0.05, 0) is 26.0 Å². The summed E-state index contributed by atoms with van der Waals surface area (Å²) in [7, 11) is 0. The maximum absolute atomic E-state index is 11.7. The zero-order valence-corrected chi connectivity index (χ0v) is 10.6. The van der Waals surface area contributed by atoms with E-state index in [0.717, 1.165) is 13.1 Å². The van der Waals surface area contributed by atoms with Crippen LogP contribution in [0.15, 0.2) is 24.3 Å². The molecule has 0 atom stereocenters. The van der Waals surface area contributed by atoms with E-state index in [-0.39, 0.29) is 11.6 Å². The first-order chi connectivity index (χ1) is 8.56. The zero-order chi connectivity index (χ0) is 13.5. The second-order valence-corrected chi connectivity index (χ2v) is 3.99. The van der Waals surface area contributed by atoms with Crippen molar-refractivity contribution in [3.63, 3.8) is 0 Å². The summed E-state index contributed by atoms with van der Waals surface area (Å²) in [5.74, 6) is -0.0810. The molecule has 0 radical (unpaired) electrons. The lowest BCUT2D eigenvalue weighted by Gasteiger charge is -2.14. The fourth-order valence-corrected chi connectivity index (χ4v) is 1.60. The number of nitrogens with one attached hydrogen (secondary N) is 2. The summed E-state index contributed by atoms with van der Waals surface area (Å²) in [4.78, 5) is 22.9. The molecule has 1 amide bonds. The summed E-state index contributed by atoms with van der Waals surface area (Å²) in [5, 5.41) is 13.2. The molecule has 1 aromatic rings. The van der Waals surface area contributed by atoms with E-state index in [1.807, 2.05) is 13.8 Å². The molecule has 1 rings (SSSR count). The Hall–Kier alpha value is -1.95. The second-order valence-electron chi connectivity index (χ2n) is 3.99. The summed E-state index contributed by atoms with van der Waals surface area (Å²) in [6, 6.07) is 5.82. The highest BCUT2D eigenvalue weighted by Crippen LogP contribution is 2.14. The fourth-order valence-electron chi connectivity index (χ4n) is 1.60. The molecule has 18 heavy (non-hydrogen) atoms. The molecule has 0 fully saturated rings. The van der Waals surface area contributed by atoms with E-state index in [4.69, 9.17) is 0 Å². The molecule has 2 N–H and O–H groups in total.